The van der Waals surface area contributed by atoms with E-state index in [4.69, 9.17) is 9.47 Å². The van der Waals surface area contributed by atoms with Gasteiger partial charge in [0.1, 0.15) is 18.2 Å². The Morgan fingerprint density at radius 1 is 0.968 bits per heavy atom. The van der Waals surface area contributed by atoms with Crippen molar-refractivity contribution in [2.75, 3.05) is 13.1 Å². The number of alkyl carbamates (subject to hydrolysis) is 1. The van der Waals surface area contributed by atoms with Crippen LogP contribution >= 0.6 is 0 Å². The van der Waals surface area contributed by atoms with Gasteiger partial charge in [-0.1, -0.05) is 60.7 Å². The number of nitrogens with one attached hydrogen (secondary N) is 1. The Balaban J connectivity index is 1.90. The molecule has 0 saturated heterocycles. The van der Waals surface area contributed by atoms with Crippen molar-refractivity contribution in [3.63, 3.8) is 0 Å². The maximum absolute atomic E-state index is 12.7. The van der Waals surface area contributed by atoms with Crippen molar-refractivity contribution >= 4 is 12.1 Å². The fraction of sp³-hybridized carbons (Fsp3) is 0.440. The number of esters is 1. The maximum atomic E-state index is 12.7. The van der Waals surface area contributed by atoms with Gasteiger partial charge >= 0.3 is 12.1 Å². The summed E-state index contributed by atoms with van der Waals surface area (Å²) >= 11 is 0. The second-order valence-corrected chi connectivity index (χ2v) is 8.51. The molecule has 6 heteroatoms. The van der Waals surface area contributed by atoms with Crippen LogP contribution in [-0.4, -0.2) is 41.7 Å². The van der Waals surface area contributed by atoms with E-state index in [1.165, 1.54) is 0 Å². The molecule has 0 aliphatic heterocycles. The topological polar surface area (TPSA) is 67.9 Å². The van der Waals surface area contributed by atoms with Crippen LogP contribution in [-0.2, 0) is 27.4 Å². The lowest BCUT2D eigenvalue weighted by Crippen LogP contribution is -2.41. The molecule has 0 aliphatic carbocycles. The summed E-state index contributed by atoms with van der Waals surface area (Å²) in [4.78, 5) is 26.6. The molecule has 0 bridgehead atoms. The smallest absolute Gasteiger partial charge is 0.407 e. The highest BCUT2D eigenvalue weighted by Crippen LogP contribution is 2.12. The Morgan fingerprint density at radius 3 is 2.13 bits per heavy atom. The third-order valence-corrected chi connectivity index (χ3v) is 4.63. The molecule has 6 nitrogen and oxygen atoms in total. The molecule has 1 atom stereocenters. The number of nitrogens with zero attached hydrogens (tertiary/aromatic N) is 1. The van der Waals surface area contributed by atoms with Crippen molar-refractivity contribution in [1.29, 1.82) is 0 Å². The van der Waals surface area contributed by atoms with Crippen LogP contribution in [0.25, 0.3) is 0 Å². The second kappa shape index (κ2) is 12.1. The molecule has 0 unspecified atom stereocenters. The average Bonchev–Trinajstić information content (AvgIpc) is 2.74. The first-order valence-electron chi connectivity index (χ1n) is 10.7. The van der Waals surface area contributed by atoms with E-state index in [2.05, 4.69) is 10.2 Å². The van der Waals surface area contributed by atoms with Gasteiger partial charge in [-0.3, -0.25) is 9.69 Å². The van der Waals surface area contributed by atoms with E-state index < -0.39 is 17.7 Å². The molecule has 2 aromatic rings. The van der Waals surface area contributed by atoms with Crippen LogP contribution in [0.5, 0.6) is 0 Å². The van der Waals surface area contributed by atoms with E-state index in [9.17, 15) is 9.59 Å². The van der Waals surface area contributed by atoms with Crippen LogP contribution in [0.1, 0.15) is 45.2 Å². The number of ether oxygens (including phenoxy) is 2. The van der Waals surface area contributed by atoms with Crippen LogP contribution in [0.2, 0.25) is 0 Å². The van der Waals surface area contributed by atoms with Gasteiger partial charge in [-0.15, -0.1) is 0 Å². The van der Waals surface area contributed by atoms with Crippen LogP contribution in [0, 0.1) is 0 Å². The zero-order valence-electron chi connectivity index (χ0n) is 19.0. The quantitative estimate of drug-likeness (QED) is 0.446. The van der Waals surface area contributed by atoms with E-state index >= 15 is 0 Å². The molecule has 168 valence electrons. The molecule has 0 saturated carbocycles. The van der Waals surface area contributed by atoms with Crippen molar-refractivity contribution < 1.29 is 19.1 Å². The summed E-state index contributed by atoms with van der Waals surface area (Å²) in [5.74, 6) is -0.264. The monoisotopic (exact) mass is 426 g/mol. The van der Waals surface area contributed by atoms with Gasteiger partial charge in [0, 0.05) is 19.6 Å². The first kappa shape index (κ1) is 24.4. The first-order chi connectivity index (χ1) is 14.7. The Bertz CT molecular complexity index is 803. The van der Waals surface area contributed by atoms with Crippen LogP contribution < -0.4 is 5.32 Å². The molecule has 0 fully saturated rings. The summed E-state index contributed by atoms with van der Waals surface area (Å²) in [6.45, 7) is 9.32. The highest BCUT2D eigenvalue weighted by molar-refractivity contribution is 5.75. The van der Waals surface area contributed by atoms with Crippen molar-refractivity contribution in [1.82, 2.24) is 10.2 Å². The van der Waals surface area contributed by atoms with E-state index in [1.807, 2.05) is 88.4 Å². The van der Waals surface area contributed by atoms with E-state index in [0.717, 1.165) is 11.1 Å². The second-order valence-electron chi connectivity index (χ2n) is 8.51. The Labute approximate surface area is 185 Å². The number of benzene rings is 2. The molecule has 0 heterocycles. The highest BCUT2D eigenvalue weighted by atomic mass is 16.6. The normalized spacial score (nSPS) is 12.3. The number of amides is 1. The fourth-order valence-electron chi connectivity index (χ4n) is 3.01. The molecule has 0 radical (unpaired) electrons. The van der Waals surface area contributed by atoms with Crippen molar-refractivity contribution in [3.05, 3.63) is 71.8 Å². The summed E-state index contributed by atoms with van der Waals surface area (Å²) in [6, 6.07) is 19.2. The fourth-order valence-corrected chi connectivity index (χ4v) is 3.01. The summed E-state index contributed by atoms with van der Waals surface area (Å²) < 4.78 is 10.8. The summed E-state index contributed by atoms with van der Waals surface area (Å²) in [6.07, 6.45) is 0.250. The number of hydrogen-bond acceptors (Lipinski definition) is 5. The minimum absolute atomic E-state index is 0.253. The van der Waals surface area contributed by atoms with Gasteiger partial charge in [-0.2, -0.15) is 0 Å². The number of carbonyl (C=O) groups excluding carboxylic acids is 2. The molecule has 1 amide bonds. The van der Waals surface area contributed by atoms with Gasteiger partial charge < -0.3 is 14.8 Å². The highest BCUT2D eigenvalue weighted by Gasteiger charge is 2.23. The largest absolute Gasteiger partial charge is 0.460 e. The molecule has 0 aromatic heterocycles. The average molecular weight is 427 g/mol. The maximum Gasteiger partial charge on any atom is 0.407 e. The number of hydrogen-bond donors (Lipinski definition) is 1. The zero-order chi connectivity index (χ0) is 22.7. The Morgan fingerprint density at radius 2 is 1.55 bits per heavy atom. The summed E-state index contributed by atoms with van der Waals surface area (Å²) in [7, 11) is 0. The van der Waals surface area contributed by atoms with Crippen molar-refractivity contribution in [3.8, 4) is 0 Å². The Kier molecular flexibility index (Phi) is 9.53. The molecular weight excluding hydrogens is 392 g/mol. The standard InChI is InChI=1S/C25H34N2O4/c1-20(23(28)30-19-22-14-9-6-10-15-22)27(18-21-12-7-5-8-13-21)17-11-16-26-24(29)31-25(2,3)4/h5-10,12-15,20H,11,16-19H2,1-4H3,(H,26,29)/t20-/m0/s1. The van der Waals surface area contributed by atoms with Crippen LogP contribution in [0.4, 0.5) is 4.79 Å². The van der Waals surface area contributed by atoms with Crippen LogP contribution in [0.3, 0.4) is 0 Å². The summed E-state index contributed by atoms with van der Waals surface area (Å²) in [5.41, 5.74) is 1.55. The van der Waals surface area contributed by atoms with Crippen molar-refractivity contribution in [2.24, 2.45) is 0 Å². The third kappa shape index (κ3) is 9.66. The zero-order valence-corrected chi connectivity index (χ0v) is 19.0. The Hall–Kier alpha value is -2.86. The predicted molar refractivity (Wildman–Crippen MR) is 121 cm³/mol. The lowest BCUT2D eigenvalue weighted by molar-refractivity contribution is -0.151. The molecule has 2 rings (SSSR count). The van der Waals surface area contributed by atoms with E-state index in [1.54, 1.807) is 0 Å². The van der Waals surface area contributed by atoms with Gasteiger partial charge in [0.25, 0.3) is 0 Å². The molecule has 0 aliphatic rings. The molecule has 1 N–H and O–H groups in total. The predicted octanol–water partition coefficient (Wildman–Crippen LogP) is 4.54. The van der Waals surface area contributed by atoms with Crippen LogP contribution in [0.15, 0.2) is 60.7 Å². The molecule has 31 heavy (non-hydrogen) atoms. The van der Waals surface area contributed by atoms with Gasteiger partial charge in [0.2, 0.25) is 0 Å². The lowest BCUT2D eigenvalue weighted by Gasteiger charge is -2.28. The third-order valence-electron chi connectivity index (χ3n) is 4.63. The van der Waals surface area contributed by atoms with Gasteiger partial charge in [0.05, 0.1) is 0 Å². The van der Waals surface area contributed by atoms with Gasteiger partial charge in [0.15, 0.2) is 0 Å². The van der Waals surface area contributed by atoms with E-state index in [0.29, 0.717) is 26.1 Å². The summed E-state index contributed by atoms with van der Waals surface area (Å²) in [5, 5.41) is 2.77. The molecule has 0 spiro atoms. The lowest BCUT2D eigenvalue weighted by atomic mass is 10.1. The van der Waals surface area contributed by atoms with Gasteiger partial charge in [-0.25, -0.2) is 4.79 Å². The van der Waals surface area contributed by atoms with Crippen molar-refractivity contribution in [2.45, 2.75) is 58.9 Å². The number of carbonyl (C=O) groups is 2. The molecular formula is C25H34N2O4. The van der Waals surface area contributed by atoms with E-state index in [-0.39, 0.29) is 12.6 Å². The molecule has 2 aromatic carbocycles. The first-order valence-corrected chi connectivity index (χ1v) is 10.7. The minimum Gasteiger partial charge on any atom is -0.460 e. The SMILES string of the molecule is C[C@@H](C(=O)OCc1ccccc1)N(CCCNC(=O)OC(C)(C)C)Cc1ccccc1. The van der Waals surface area contributed by atoms with Gasteiger partial charge in [-0.05, 0) is 45.2 Å². The number of rotatable bonds is 10. The minimum atomic E-state index is -0.527.